The van der Waals surface area contributed by atoms with Crippen LogP contribution >= 0.6 is 0 Å². The first-order valence-electron chi connectivity index (χ1n) is 9.11. The van der Waals surface area contributed by atoms with E-state index in [9.17, 15) is 4.79 Å². The highest BCUT2D eigenvalue weighted by atomic mass is 19.1. The van der Waals surface area contributed by atoms with Gasteiger partial charge in [-0.25, -0.2) is 9.18 Å². The monoisotopic (exact) mass is 371 g/mol. The minimum atomic E-state index is -0.290. The van der Waals surface area contributed by atoms with Crippen LogP contribution in [0.5, 0.6) is 0 Å². The fourth-order valence-electron chi connectivity index (χ4n) is 3.68. The largest absolute Gasteiger partial charge is 0.450 e. The standard InChI is InChI=1S/C19H22FN5O2/c1-3-27-19(26)25-8-6-24(7-9-25)16-4-5-21-15-10-14(18(20)17(15)16)13-11-22-23(2)12-13/h4-5,11-12H,3,6-10H2,1-2H3. The second-order valence-corrected chi connectivity index (χ2v) is 6.70. The molecule has 0 atom stereocenters. The van der Waals surface area contributed by atoms with E-state index < -0.39 is 0 Å². The van der Waals surface area contributed by atoms with Gasteiger partial charge in [0.2, 0.25) is 0 Å². The molecule has 1 aliphatic heterocycles. The van der Waals surface area contributed by atoms with Gasteiger partial charge in [-0.05, 0) is 13.0 Å². The Balaban J connectivity index is 1.58. The smallest absolute Gasteiger partial charge is 0.409 e. The molecule has 2 aromatic rings. The highest BCUT2D eigenvalue weighted by Gasteiger charge is 2.31. The van der Waals surface area contributed by atoms with E-state index in [0.717, 1.165) is 16.9 Å². The highest BCUT2D eigenvalue weighted by molar-refractivity contribution is 5.96. The molecule has 4 rings (SSSR count). The molecule has 0 aromatic carbocycles. The van der Waals surface area contributed by atoms with Gasteiger partial charge >= 0.3 is 6.09 Å². The van der Waals surface area contributed by atoms with Crippen LogP contribution in [0.4, 0.5) is 14.9 Å². The van der Waals surface area contributed by atoms with Gasteiger partial charge in [0.1, 0.15) is 5.83 Å². The van der Waals surface area contributed by atoms with Crippen molar-refractivity contribution < 1.29 is 13.9 Å². The predicted octanol–water partition coefficient (Wildman–Crippen LogP) is 2.49. The van der Waals surface area contributed by atoms with Gasteiger partial charge in [0, 0.05) is 63.2 Å². The van der Waals surface area contributed by atoms with Gasteiger partial charge in [-0.3, -0.25) is 9.67 Å². The number of halogens is 1. The van der Waals surface area contributed by atoms with Crippen LogP contribution in [0.15, 0.2) is 24.7 Å². The zero-order chi connectivity index (χ0) is 19.0. The third kappa shape index (κ3) is 3.15. The van der Waals surface area contributed by atoms with Gasteiger partial charge in [0.05, 0.1) is 29.7 Å². The van der Waals surface area contributed by atoms with E-state index in [1.54, 1.807) is 28.9 Å². The molecular weight excluding hydrogens is 349 g/mol. The van der Waals surface area contributed by atoms with E-state index in [0.29, 0.717) is 50.3 Å². The van der Waals surface area contributed by atoms with Crippen molar-refractivity contribution >= 4 is 23.2 Å². The first-order chi connectivity index (χ1) is 13.1. The summed E-state index contributed by atoms with van der Waals surface area (Å²) in [6, 6.07) is 1.85. The average molecular weight is 371 g/mol. The molecule has 0 radical (unpaired) electrons. The Kier molecular flexibility index (Phi) is 4.55. The number of amides is 1. The van der Waals surface area contributed by atoms with E-state index in [1.165, 1.54) is 0 Å². The Morgan fingerprint density at radius 3 is 2.74 bits per heavy atom. The molecule has 27 heavy (non-hydrogen) atoms. The summed E-state index contributed by atoms with van der Waals surface area (Å²) < 4.78 is 22.0. The molecule has 1 fully saturated rings. The minimum Gasteiger partial charge on any atom is -0.450 e. The van der Waals surface area contributed by atoms with Gasteiger partial charge in [-0.2, -0.15) is 5.10 Å². The van der Waals surface area contributed by atoms with E-state index in [-0.39, 0.29) is 11.9 Å². The van der Waals surface area contributed by atoms with Gasteiger partial charge in [0.25, 0.3) is 0 Å². The van der Waals surface area contributed by atoms with Crippen molar-refractivity contribution in [1.29, 1.82) is 0 Å². The van der Waals surface area contributed by atoms with E-state index in [4.69, 9.17) is 4.74 Å². The molecule has 1 aliphatic carbocycles. The number of piperazine rings is 1. The SMILES string of the molecule is CCOC(=O)N1CCN(c2ccnc3c2C(F)=C(c2cnn(C)c2)C3)CC1. The molecule has 2 aromatic heterocycles. The van der Waals surface area contributed by atoms with Crippen LogP contribution in [0.3, 0.4) is 0 Å². The lowest BCUT2D eigenvalue weighted by Crippen LogP contribution is -2.49. The van der Waals surface area contributed by atoms with E-state index in [1.807, 2.05) is 19.3 Å². The molecule has 142 valence electrons. The fourth-order valence-corrected chi connectivity index (χ4v) is 3.68. The maximum atomic E-state index is 15.3. The van der Waals surface area contributed by atoms with Crippen molar-refractivity contribution in [2.75, 3.05) is 37.7 Å². The van der Waals surface area contributed by atoms with Crippen molar-refractivity contribution in [2.45, 2.75) is 13.3 Å². The first-order valence-corrected chi connectivity index (χ1v) is 9.11. The van der Waals surface area contributed by atoms with Crippen LogP contribution < -0.4 is 4.90 Å². The van der Waals surface area contributed by atoms with Crippen LogP contribution in [0.1, 0.15) is 23.7 Å². The predicted molar refractivity (Wildman–Crippen MR) is 99.9 cm³/mol. The molecule has 1 saturated heterocycles. The summed E-state index contributed by atoms with van der Waals surface area (Å²) in [5.41, 5.74) is 3.56. The summed E-state index contributed by atoms with van der Waals surface area (Å²) in [7, 11) is 1.82. The zero-order valence-corrected chi connectivity index (χ0v) is 15.5. The third-order valence-corrected chi connectivity index (χ3v) is 5.04. The summed E-state index contributed by atoms with van der Waals surface area (Å²) in [6.07, 6.45) is 5.40. The third-order valence-electron chi connectivity index (χ3n) is 5.04. The number of allylic oxidation sites excluding steroid dienone is 1. The number of rotatable bonds is 3. The molecule has 0 saturated carbocycles. The van der Waals surface area contributed by atoms with Crippen molar-refractivity contribution in [2.24, 2.45) is 7.05 Å². The maximum Gasteiger partial charge on any atom is 0.409 e. The number of carbonyl (C=O) groups excluding carboxylic acids is 1. The molecular formula is C19H22FN5O2. The topological polar surface area (TPSA) is 63.5 Å². The van der Waals surface area contributed by atoms with Crippen LogP contribution in [-0.2, 0) is 18.2 Å². The summed E-state index contributed by atoms with van der Waals surface area (Å²) in [4.78, 5) is 20.1. The number of hydrogen-bond acceptors (Lipinski definition) is 5. The van der Waals surface area contributed by atoms with Crippen LogP contribution in [0.2, 0.25) is 0 Å². The lowest BCUT2D eigenvalue weighted by Gasteiger charge is -2.36. The van der Waals surface area contributed by atoms with Crippen molar-refractivity contribution in [3.05, 3.63) is 41.5 Å². The van der Waals surface area contributed by atoms with Crippen LogP contribution in [-0.4, -0.2) is 58.5 Å². The quantitative estimate of drug-likeness (QED) is 0.830. The lowest BCUT2D eigenvalue weighted by atomic mass is 10.1. The van der Waals surface area contributed by atoms with Gasteiger partial charge < -0.3 is 14.5 Å². The molecule has 0 bridgehead atoms. The number of hydrogen-bond donors (Lipinski definition) is 0. The maximum absolute atomic E-state index is 15.3. The minimum absolute atomic E-state index is 0.228. The van der Waals surface area contributed by atoms with Crippen molar-refractivity contribution in [3.63, 3.8) is 0 Å². The van der Waals surface area contributed by atoms with Gasteiger partial charge in [0.15, 0.2) is 0 Å². The molecule has 0 unspecified atom stereocenters. The Morgan fingerprint density at radius 2 is 2.07 bits per heavy atom. The molecule has 0 N–H and O–H groups in total. The number of aromatic nitrogens is 3. The number of ether oxygens (including phenoxy) is 1. The summed E-state index contributed by atoms with van der Waals surface area (Å²) in [5, 5.41) is 4.15. The average Bonchev–Trinajstić information content (AvgIpc) is 3.25. The zero-order valence-electron chi connectivity index (χ0n) is 15.5. The highest BCUT2D eigenvalue weighted by Crippen LogP contribution is 2.43. The Labute approximate surface area is 157 Å². The Morgan fingerprint density at radius 1 is 1.30 bits per heavy atom. The number of pyridine rings is 1. The summed E-state index contributed by atoms with van der Waals surface area (Å²) >= 11 is 0. The number of carbonyl (C=O) groups is 1. The summed E-state index contributed by atoms with van der Waals surface area (Å²) in [6.45, 7) is 4.52. The van der Waals surface area contributed by atoms with E-state index in [2.05, 4.69) is 15.0 Å². The fraction of sp³-hybridized carbons (Fsp3) is 0.421. The number of fused-ring (bicyclic) bond motifs is 1. The molecule has 7 nitrogen and oxygen atoms in total. The van der Waals surface area contributed by atoms with Crippen molar-refractivity contribution in [1.82, 2.24) is 19.7 Å². The molecule has 3 heterocycles. The summed E-state index contributed by atoms with van der Waals surface area (Å²) in [5.74, 6) is -0.228. The lowest BCUT2D eigenvalue weighted by molar-refractivity contribution is 0.105. The molecule has 2 aliphatic rings. The van der Waals surface area contributed by atoms with Gasteiger partial charge in [-0.15, -0.1) is 0 Å². The number of nitrogens with zero attached hydrogens (tertiary/aromatic N) is 5. The first kappa shape index (κ1) is 17.5. The number of aryl methyl sites for hydroxylation is 1. The van der Waals surface area contributed by atoms with Crippen LogP contribution in [0, 0.1) is 0 Å². The Bertz CT molecular complexity index is 899. The van der Waals surface area contributed by atoms with Crippen molar-refractivity contribution in [3.8, 4) is 0 Å². The molecule has 1 amide bonds. The molecule has 8 heteroatoms. The second-order valence-electron chi connectivity index (χ2n) is 6.70. The Hall–Kier alpha value is -2.90. The van der Waals surface area contributed by atoms with Crippen LogP contribution in [0.25, 0.3) is 11.4 Å². The number of anilines is 1. The second kappa shape index (κ2) is 7.02. The molecule has 0 spiro atoms. The van der Waals surface area contributed by atoms with Gasteiger partial charge in [-0.1, -0.05) is 0 Å². The normalized spacial score (nSPS) is 16.7. The van der Waals surface area contributed by atoms with E-state index >= 15 is 4.39 Å².